The van der Waals surface area contributed by atoms with Gasteiger partial charge in [0.1, 0.15) is 11.9 Å². The summed E-state index contributed by atoms with van der Waals surface area (Å²) in [6, 6.07) is 5.67. The first-order valence-electron chi connectivity index (χ1n) is 14.2. The highest BCUT2D eigenvalue weighted by atomic mass is 35.5. The van der Waals surface area contributed by atoms with Crippen molar-refractivity contribution in [3.63, 3.8) is 0 Å². The molecule has 2 fully saturated rings. The normalized spacial score (nSPS) is 21.6. The van der Waals surface area contributed by atoms with Gasteiger partial charge in [-0.3, -0.25) is 24.2 Å². The highest BCUT2D eigenvalue weighted by molar-refractivity contribution is 6.34. The van der Waals surface area contributed by atoms with Crippen molar-refractivity contribution in [3.8, 4) is 0 Å². The second-order valence-electron chi connectivity index (χ2n) is 11.6. The van der Waals surface area contributed by atoms with Crippen molar-refractivity contribution >= 4 is 46.5 Å². The minimum atomic E-state index is -4.67. The molecule has 10 nitrogen and oxygen atoms in total. The van der Waals surface area contributed by atoms with Gasteiger partial charge in [-0.15, -0.1) is 0 Å². The number of halogens is 4. The monoisotopic (exact) mass is 634 g/mol. The first-order valence-corrected chi connectivity index (χ1v) is 14.6. The summed E-state index contributed by atoms with van der Waals surface area (Å²) in [6.45, 7) is 6.45. The Hall–Kier alpha value is -3.68. The maximum atomic E-state index is 14.0. The average molecular weight is 635 g/mol. The van der Waals surface area contributed by atoms with Gasteiger partial charge in [0.2, 0.25) is 17.7 Å². The lowest BCUT2D eigenvalue weighted by Gasteiger charge is -2.44. The lowest BCUT2D eigenvalue weighted by molar-refractivity contribution is -0.137. The number of carbonyl (C=O) groups is 3. The van der Waals surface area contributed by atoms with Crippen LogP contribution < -0.4 is 14.7 Å². The minimum absolute atomic E-state index is 0.0622. The van der Waals surface area contributed by atoms with E-state index in [9.17, 15) is 32.7 Å². The number of anilines is 3. The molecule has 4 heterocycles. The van der Waals surface area contributed by atoms with E-state index >= 15 is 0 Å². The van der Waals surface area contributed by atoms with Crippen LogP contribution in [0.2, 0.25) is 5.02 Å². The molecular formula is C30H34ClF3N6O4. The fourth-order valence-electron chi connectivity index (χ4n) is 6.27. The van der Waals surface area contributed by atoms with Gasteiger partial charge in [0.15, 0.2) is 0 Å². The maximum absolute atomic E-state index is 14.0. The number of likely N-dealkylation sites (tertiary alicyclic amines) is 1. The van der Waals surface area contributed by atoms with Crippen LogP contribution in [-0.4, -0.2) is 103 Å². The Morgan fingerprint density at radius 1 is 1.25 bits per heavy atom. The Kier molecular flexibility index (Phi) is 8.67. The Balaban J connectivity index is 1.44. The number of alkyl halides is 3. The van der Waals surface area contributed by atoms with E-state index in [0.717, 1.165) is 17.0 Å². The van der Waals surface area contributed by atoms with Crippen LogP contribution in [0, 0.1) is 12.8 Å². The molecule has 14 heteroatoms. The largest absolute Gasteiger partial charge is 0.416 e. The molecule has 3 atom stereocenters. The SMILES string of the molecule is C=CC(=O)N1CC(N(C)C[C@H](O)CN2C[C@H]3CC(=O)N(c4cc(C(F)(F)F)cc(C)n4)[C@@H]3C(=O)N(C)c3cccc(Cl)c32)C1. The Labute approximate surface area is 258 Å². The predicted octanol–water partition coefficient (Wildman–Crippen LogP) is 2.96. The third-order valence-electron chi connectivity index (χ3n) is 8.53. The zero-order valence-corrected chi connectivity index (χ0v) is 25.3. The summed E-state index contributed by atoms with van der Waals surface area (Å²) in [7, 11) is 3.39. The van der Waals surface area contributed by atoms with Crippen LogP contribution >= 0.6 is 11.6 Å². The number of carbonyl (C=O) groups excluding carboxylic acids is 3. The molecule has 1 N–H and O–H groups in total. The highest BCUT2D eigenvalue weighted by Crippen LogP contribution is 2.43. The number of aromatic nitrogens is 1. The van der Waals surface area contributed by atoms with E-state index in [0.29, 0.717) is 29.5 Å². The van der Waals surface area contributed by atoms with Crippen LogP contribution in [0.25, 0.3) is 0 Å². The van der Waals surface area contributed by atoms with Gasteiger partial charge < -0.3 is 19.8 Å². The number of rotatable bonds is 7. The van der Waals surface area contributed by atoms with Crippen LogP contribution in [0.5, 0.6) is 0 Å². The molecule has 3 aliphatic heterocycles. The quantitative estimate of drug-likeness (QED) is 0.468. The molecular weight excluding hydrogens is 601 g/mol. The molecule has 1 aromatic carbocycles. The first-order chi connectivity index (χ1) is 20.7. The molecule has 1 aromatic heterocycles. The van der Waals surface area contributed by atoms with Gasteiger partial charge in [0.25, 0.3) is 0 Å². The summed E-state index contributed by atoms with van der Waals surface area (Å²) in [5.74, 6) is -2.01. The molecule has 0 aliphatic carbocycles. The number of hydrogen-bond donors (Lipinski definition) is 1. The van der Waals surface area contributed by atoms with E-state index in [4.69, 9.17) is 11.6 Å². The summed E-state index contributed by atoms with van der Waals surface area (Å²) in [4.78, 5) is 51.3. The Morgan fingerprint density at radius 3 is 2.61 bits per heavy atom. The molecule has 0 radical (unpaired) electrons. The number of β-amino-alcohol motifs (C(OH)–C–C–N with tert-alkyl or cyclic N) is 1. The Morgan fingerprint density at radius 2 is 1.95 bits per heavy atom. The zero-order valence-electron chi connectivity index (χ0n) is 24.6. The number of likely N-dealkylation sites (N-methyl/N-ethyl adjacent to an activating group) is 2. The second-order valence-corrected chi connectivity index (χ2v) is 12.0. The summed E-state index contributed by atoms with van der Waals surface area (Å²) in [5.41, 5.74) is 0.0477. The van der Waals surface area contributed by atoms with Gasteiger partial charge in [-0.1, -0.05) is 24.2 Å². The number of amides is 3. The van der Waals surface area contributed by atoms with E-state index in [1.54, 1.807) is 23.1 Å². The molecule has 236 valence electrons. The van der Waals surface area contributed by atoms with Crippen LogP contribution in [0.3, 0.4) is 0 Å². The molecule has 2 aromatic rings. The molecule has 0 saturated carbocycles. The number of hydrogen-bond acceptors (Lipinski definition) is 7. The van der Waals surface area contributed by atoms with Gasteiger partial charge in [-0.25, -0.2) is 4.98 Å². The van der Waals surface area contributed by atoms with Crippen molar-refractivity contribution < 1.29 is 32.7 Å². The fourth-order valence-corrected chi connectivity index (χ4v) is 6.56. The van der Waals surface area contributed by atoms with Crippen LogP contribution in [0.4, 0.5) is 30.4 Å². The molecule has 44 heavy (non-hydrogen) atoms. The van der Waals surface area contributed by atoms with E-state index < -0.39 is 41.6 Å². The summed E-state index contributed by atoms with van der Waals surface area (Å²) < 4.78 is 41.0. The van der Waals surface area contributed by atoms with E-state index in [1.807, 2.05) is 16.8 Å². The molecule has 3 amide bonds. The minimum Gasteiger partial charge on any atom is -0.390 e. The molecule has 0 unspecified atom stereocenters. The van der Waals surface area contributed by atoms with Gasteiger partial charge in [0, 0.05) is 63.8 Å². The number of pyridine rings is 1. The molecule has 0 spiro atoms. The molecule has 5 rings (SSSR count). The zero-order chi connectivity index (χ0) is 32.1. The van der Waals surface area contributed by atoms with Crippen molar-refractivity contribution in [2.24, 2.45) is 5.92 Å². The topological polar surface area (TPSA) is 101 Å². The smallest absolute Gasteiger partial charge is 0.390 e. The van der Waals surface area contributed by atoms with Gasteiger partial charge in [-0.05, 0) is 44.3 Å². The maximum Gasteiger partial charge on any atom is 0.416 e. The van der Waals surface area contributed by atoms with E-state index in [1.165, 1.54) is 24.9 Å². The average Bonchev–Trinajstić information content (AvgIpc) is 3.24. The van der Waals surface area contributed by atoms with Crippen molar-refractivity contribution in [2.45, 2.75) is 37.7 Å². The fraction of sp³-hybridized carbons (Fsp3) is 0.467. The number of aryl methyl sites for hydroxylation is 1. The number of fused-ring (bicyclic) bond motifs is 2. The number of aliphatic hydroxyl groups excluding tert-OH is 1. The lowest BCUT2D eigenvalue weighted by Crippen LogP contribution is -2.61. The molecule has 0 bridgehead atoms. The summed E-state index contributed by atoms with van der Waals surface area (Å²) in [6.07, 6.45) is -4.39. The van der Waals surface area contributed by atoms with E-state index in [2.05, 4.69) is 11.6 Å². The number of nitrogens with zero attached hydrogens (tertiary/aromatic N) is 6. The van der Waals surface area contributed by atoms with Crippen molar-refractivity contribution in [1.29, 1.82) is 0 Å². The number of para-hydroxylation sites is 1. The molecule has 2 saturated heterocycles. The van der Waals surface area contributed by atoms with Crippen LogP contribution in [-0.2, 0) is 20.6 Å². The Bertz CT molecular complexity index is 1480. The van der Waals surface area contributed by atoms with Crippen LogP contribution in [0.15, 0.2) is 43.0 Å². The first kappa shape index (κ1) is 31.7. The van der Waals surface area contributed by atoms with Gasteiger partial charge in [-0.2, -0.15) is 13.2 Å². The third kappa shape index (κ3) is 6.00. The van der Waals surface area contributed by atoms with Crippen molar-refractivity contribution in [3.05, 3.63) is 59.3 Å². The van der Waals surface area contributed by atoms with Gasteiger partial charge >= 0.3 is 6.18 Å². The predicted molar refractivity (Wildman–Crippen MR) is 160 cm³/mol. The van der Waals surface area contributed by atoms with E-state index in [-0.39, 0.29) is 49.5 Å². The third-order valence-corrected chi connectivity index (χ3v) is 8.83. The number of aliphatic hydroxyl groups is 1. The van der Waals surface area contributed by atoms with Crippen molar-refractivity contribution in [1.82, 2.24) is 14.8 Å². The second kappa shape index (κ2) is 12.0. The summed E-state index contributed by atoms with van der Waals surface area (Å²) in [5, 5.41) is 11.6. The van der Waals surface area contributed by atoms with Crippen LogP contribution in [0.1, 0.15) is 17.7 Å². The standard InChI is InChI=1S/C30H34ClF3N6O4/c1-5-25(42)38-13-20(14-38)36(3)15-21(41)16-39-12-18-10-26(43)40(24-11-19(30(32,33)34)9-17(2)35-24)27(18)29(44)37(4)23-8-6-7-22(31)28(23)39/h5-9,11,18,20-21,27,41H,1,10,12-16H2,2-4H3/t18-,21+,27+/m1/s1. The van der Waals surface area contributed by atoms with Gasteiger partial charge in [0.05, 0.1) is 28.1 Å². The lowest BCUT2D eigenvalue weighted by atomic mass is 9.95. The molecule has 3 aliphatic rings. The highest BCUT2D eigenvalue weighted by Gasteiger charge is 2.49. The summed E-state index contributed by atoms with van der Waals surface area (Å²) >= 11 is 6.67. The number of benzene rings is 1. The van der Waals surface area contributed by atoms with Crippen molar-refractivity contribution in [2.75, 3.05) is 61.5 Å².